The second-order valence-electron chi connectivity index (χ2n) is 4.15. The normalized spacial score (nSPS) is 10.5. The summed E-state index contributed by atoms with van der Waals surface area (Å²) in [6.45, 7) is 3.47. The van der Waals surface area contributed by atoms with E-state index in [-0.39, 0.29) is 0 Å². The van der Waals surface area contributed by atoms with Crippen molar-refractivity contribution in [2.24, 2.45) is 5.73 Å². The van der Waals surface area contributed by atoms with Gasteiger partial charge < -0.3 is 10.6 Å². The summed E-state index contributed by atoms with van der Waals surface area (Å²) in [6.07, 6.45) is 0. The average Bonchev–Trinajstić information content (AvgIpc) is 2.76. The molecule has 1 aromatic carbocycles. The van der Waals surface area contributed by atoms with Crippen LogP contribution in [0, 0.1) is 6.92 Å². The summed E-state index contributed by atoms with van der Waals surface area (Å²) in [6, 6.07) is 8.38. The molecule has 0 atom stereocenters. The van der Waals surface area contributed by atoms with Crippen LogP contribution in [0.25, 0.3) is 0 Å². The van der Waals surface area contributed by atoms with Crippen molar-refractivity contribution < 1.29 is 0 Å². The predicted molar refractivity (Wildman–Crippen MR) is 73.3 cm³/mol. The van der Waals surface area contributed by atoms with Crippen molar-refractivity contribution >= 4 is 16.5 Å². The monoisotopic (exact) mass is 247 g/mol. The Hall–Kier alpha value is -1.39. The molecule has 2 aromatic rings. The maximum Gasteiger partial charge on any atom is 0.185 e. The second-order valence-corrected chi connectivity index (χ2v) is 4.99. The van der Waals surface area contributed by atoms with Gasteiger partial charge in [-0.3, -0.25) is 0 Å². The number of benzene rings is 1. The van der Waals surface area contributed by atoms with Crippen LogP contribution in [0.1, 0.15) is 16.8 Å². The Bertz CT molecular complexity index is 493. The van der Waals surface area contributed by atoms with Gasteiger partial charge in [0, 0.05) is 25.5 Å². The van der Waals surface area contributed by atoms with Crippen molar-refractivity contribution in [2.45, 2.75) is 20.0 Å². The molecule has 0 aliphatic heterocycles. The molecular formula is C13H17N3S. The van der Waals surface area contributed by atoms with Gasteiger partial charge in [-0.25, -0.2) is 4.98 Å². The number of hydrogen-bond acceptors (Lipinski definition) is 4. The molecule has 0 saturated heterocycles. The largest absolute Gasteiger partial charge is 0.347 e. The summed E-state index contributed by atoms with van der Waals surface area (Å²) in [7, 11) is 2.06. The van der Waals surface area contributed by atoms with E-state index in [0.29, 0.717) is 6.54 Å². The summed E-state index contributed by atoms with van der Waals surface area (Å²) in [4.78, 5) is 6.63. The quantitative estimate of drug-likeness (QED) is 0.903. The lowest BCUT2D eigenvalue weighted by Gasteiger charge is -2.16. The third kappa shape index (κ3) is 3.05. The third-order valence-corrected chi connectivity index (χ3v) is 3.65. The number of hydrogen-bond donors (Lipinski definition) is 1. The highest BCUT2D eigenvalue weighted by Crippen LogP contribution is 2.20. The maximum atomic E-state index is 5.64. The Balaban J connectivity index is 2.09. The number of nitrogens with two attached hydrogens (primary N) is 1. The lowest BCUT2D eigenvalue weighted by atomic mass is 10.1. The van der Waals surface area contributed by atoms with Gasteiger partial charge in [0.2, 0.25) is 0 Å². The summed E-state index contributed by atoms with van der Waals surface area (Å²) >= 11 is 1.68. The van der Waals surface area contributed by atoms with Crippen LogP contribution in [0.3, 0.4) is 0 Å². The van der Waals surface area contributed by atoms with Crippen molar-refractivity contribution in [1.82, 2.24) is 4.98 Å². The Morgan fingerprint density at radius 1 is 1.35 bits per heavy atom. The Kier molecular flexibility index (Phi) is 3.76. The lowest BCUT2D eigenvalue weighted by Crippen LogP contribution is -2.16. The molecule has 3 nitrogen and oxygen atoms in total. The van der Waals surface area contributed by atoms with Crippen molar-refractivity contribution in [2.75, 3.05) is 11.9 Å². The first-order chi connectivity index (χ1) is 8.19. The van der Waals surface area contributed by atoms with Crippen molar-refractivity contribution in [3.63, 3.8) is 0 Å². The zero-order chi connectivity index (χ0) is 12.3. The fraction of sp³-hybridized carbons (Fsp3) is 0.308. The van der Waals surface area contributed by atoms with Crippen molar-refractivity contribution in [3.05, 3.63) is 46.5 Å². The molecule has 0 unspecified atom stereocenters. The van der Waals surface area contributed by atoms with Crippen LogP contribution in [0.5, 0.6) is 0 Å². The molecule has 0 bridgehead atoms. The van der Waals surface area contributed by atoms with Crippen LogP contribution in [0.15, 0.2) is 29.6 Å². The molecule has 0 aliphatic rings. The topological polar surface area (TPSA) is 42.1 Å². The Morgan fingerprint density at radius 2 is 2.12 bits per heavy atom. The van der Waals surface area contributed by atoms with E-state index in [1.54, 1.807) is 11.3 Å². The maximum absolute atomic E-state index is 5.64. The van der Waals surface area contributed by atoms with Crippen LogP contribution in [-0.2, 0) is 13.1 Å². The predicted octanol–water partition coefficient (Wildman–Crippen LogP) is 2.55. The van der Waals surface area contributed by atoms with E-state index in [2.05, 4.69) is 46.6 Å². The summed E-state index contributed by atoms with van der Waals surface area (Å²) in [5.41, 5.74) is 9.16. The standard InChI is InChI=1S/C13H17N3S/c1-10-9-17-13(15-10)16(2)8-12-5-3-4-11(6-12)7-14/h3-6,9H,7-8,14H2,1-2H3. The van der Waals surface area contributed by atoms with Gasteiger partial charge in [-0.15, -0.1) is 11.3 Å². The average molecular weight is 247 g/mol. The van der Waals surface area contributed by atoms with Gasteiger partial charge in [0.1, 0.15) is 0 Å². The van der Waals surface area contributed by atoms with Gasteiger partial charge in [0.05, 0.1) is 5.69 Å². The van der Waals surface area contributed by atoms with Gasteiger partial charge in [0.25, 0.3) is 0 Å². The molecule has 0 saturated carbocycles. The van der Waals surface area contributed by atoms with Crippen LogP contribution in [0.2, 0.25) is 0 Å². The minimum absolute atomic E-state index is 0.591. The van der Waals surface area contributed by atoms with E-state index in [9.17, 15) is 0 Å². The molecule has 0 fully saturated rings. The Labute approximate surface area is 106 Å². The Morgan fingerprint density at radius 3 is 2.76 bits per heavy atom. The van der Waals surface area contributed by atoms with Crippen LogP contribution < -0.4 is 10.6 Å². The SMILES string of the molecule is Cc1csc(N(C)Cc2cccc(CN)c2)n1. The van der Waals surface area contributed by atoms with E-state index < -0.39 is 0 Å². The number of aryl methyl sites for hydroxylation is 1. The molecule has 4 heteroatoms. The first-order valence-electron chi connectivity index (χ1n) is 5.60. The summed E-state index contributed by atoms with van der Waals surface area (Å²) in [5, 5.41) is 3.13. The van der Waals surface area contributed by atoms with E-state index in [4.69, 9.17) is 5.73 Å². The third-order valence-electron chi connectivity index (χ3n) is 2.58. The highest BCUT2D eigenvalue weighted by molar-refractivity contribution is 7.13. The van der Waals surface area contributed by atoms with Crippen LogP contribution >= 0.6 is 11.3 Å². The molecule has 0 amide bonds. The van der Waals surface area contributed by atoms with Gasteiger partial charge >= 0.3 is 0 Å². The highest BCUT2D eigenvalue weighted by Gasteiger charge is 2.06. The van der Waals surface area contributed by atoms with E-state index in [1.807, 2.05) is 6.92 Å². The molecule has 1 aromatic heterocycles. The number of anilines is 1. The van der Waals surface area contributed by atoms with E-state index >= 15 is 0 Å². The zero-order valence-electron chi connectivity index (χ0n) is 10.2. The lowest BCUT2D eigenvalue weighted by molar-refractivity contribution is 0.906. The molecule has 2 rings (SSSR count). The zero-order valence-corrected chi connectivity index (χ0v) is 11.0. The summed E-state index contributed by atoms with van der Waals surface area (Å²) < 4.78 is 0. The second kappa shape index (κ2) is 5.29. The van der Waals surface area contributed by atoms with Gasteiger partial charge in [-0.2, -0.15) is 0 Å². The van der Waals surface area contributed by atoms with Crippen LogP contribution in [-0.4, -0.2) is 12.0 Å². The van der Waals surface area contributed by atoms with Crippen molar-refractivity contribution in [1.29, 1.82) is 0 Å². The van der Waals surface area contributed by atoms with Gasteiger partial charge in [0.15, 0.2) is 5.13 Å². The summed E-state index contributed by atoms with van der Waals surface area (Å²) in [5.74, 6) is 0. The van der Waals surface area contributed by atoms with E-state index in [1.165, 1.54) is 11.1 Å². The van der Waals surface area contributed by atoms with Gasteiger partial charge in [-0.05, 0) is 18.1 Å². The van der Waals surface area contributed by atoms with E-state index in [0.717, 1.165) is 17.4 Å². The molecule has 17 heavy (non-hydrogen) atoms. The smallest absolute Gasteiger partial charge is 0.185 e. The number of thiazole rings is 1. The molecular weight excluding hydrogens is 230 g/mol. The molecule has 0 radical (unpaired) electrons. The fourth-order valence-corrected chi connectivity index (χ4v) is 2.48. The number of nitrogens with zero attached hydrogens (tertiary/aromatic N) is 2. The van der Waals surface area contributed by atoms with Crippen LogP contribution in [0.4, 0.5) is 5.13 Å². The van der Waals surface area contributed by atoms with Crippen molar-refractivity contribution in [3.8, 4) is 0 Å². The van der Waals surface area contributed by atoms with Gasteiger partial charge in [-0.1, -0.05) is 24.3 Å². The minimum Gasteiger partial charge on any atom is -0.347 e. The molecule has 0 aliphatic carbocycles. The number of aromatic nitrogens is 1. The molecule has 1 heterocycles. The molecule has 0 spiro atoms. The molecule has 2 N–H and O–H groups in total. The highest BCUT2D eigenvalue weighted by atomic mass is 32.1. The first-order valence-corrected chi connectivity index (χ1v) is 6.48. The minimum atomic E-state index is 0.591. The molecule has 90 valence electrons. The first kappa shape index (κ1) is 12.1. The fourth-order valence-electron chi connectivity index (χ4n) is 1.71. The number of rotatable bonds is 4.